The Morgan fingerprint density at radius 3 is 2.95 bits per heavy atom. The maximum absolute atomic E-state index is 11.9. The molecule has 102 valence electrons. The van der Waals surface area contributed by atoms with E-state index in [0.717, 1.165) is 8.66 Å². The second-order valence-corrected chi connectivity index (χ2v) is 6.45. The first-order valence-corrected chi connectivity index (χ1v) is 7.24. The van der Waals surface area contributed by atoms with Gasteiger partial charge in [0.1, 0.15) is 0 Å². The molecule has 1 aromatic rings. The summed E-state index contributed by atoms with van der Waals surface area (Å²) in [5.41, 5.74) is 0. The molecule has 0 aliphatic carbocycles. The molecular weight excluding hydrogens is 334 g/mol. The number of carboxylic acid groups (broad SMARTS) is 1. The van der Waals surface area contributed by atoms with Crippen molar-refractivity contribution >= 4 is 45.2 Å². The lowest BCUT2D eigenvalue weighted by Gasteiger charge is -2.30. The highest BCUT2D eigenvalue weighted by atomic mass is 79.9. The van der Waals surface area contributed by atoms with Gasteiger partial charge in [0, 0.05) is 17.5 Å². The number of rotatable bonds is 3. The van der Waals surface area contributed by atoms with Crippen molar-refractivity contribution in [3.63, 3.8) is 0 Å². The van der Waals surface area contributed by atoms with Crippen molar-refractivity contribution in [2.24, 2.45) is 0 Å². The van der Waals surface area contributed by atoms with Gasteiger partial charge in [-0.3, -0.25) is 4.79 Å². The number of thiophene rings is 1. The highest BCUT2D eigenvalue weighted by molar-refractivity contribution is 9.11. The Labute approximate surface area is 122 Å². The molecule has 0 aromatic carbocycles. The molecule has 7 heteroatoms. The second-order valence-electron chi connectivity index (χ2n) is 3.96. The van der Waals surface area contributed by atoms with Crippen molar-refractivity contribution in [3.8, 4) is 0 Å². The predicted octanol–water partition coefficient (Wildman–Crippen LogP) is 1.84. The first-order chi connectivity index (χ1) is 9.06. The third-order valence-electron chi connectivity index (χ3n) is 2.64. The van der Waals surface area contributed by atoms with E-state index in [1.54, 1.807) is 6.08 Å². The molecule has 1 aliphatic rings. The van der Waals surface area contributed by atoms with Gasteiger partial charge >= 0.3 is 5.97 Å². The number of nitrogens with zero attached hydrogens (tertiary/aromatic N) is 1. The molecule has 2 heterocycles. The number of aliphatic carboxylic acids is 1. The minimum Gasteiger partial charge on any atom is -0.479 e. The summed E-state index contributed by atoms with van der Waals surface area (Å²) in [5.74, 6) is -1.23. The minimum absolute atomic E-state index is 0.0899. The number of amides is 1. The van der Waals surface area contributed by atoms with Gasteiger partial charge in [0.25, 0.3) is 0 Å². The van der Waals surface area contributed by atoms with E-state index < -0.39 is 12.1 Å². The molecule has 0 saturated carbocycles. The SMILES string of the molecule is O=C(O)C1CN(C(=O)/C=C/c2ccc(Br)s2)CCO1. The van der Waals surface area contributed by atoms with Gasteiger partial charge in [-0.05, 0) is 34.1 Å². The van der Waals surface area contributed by atoms with E-state index in [1.165, 1.54) is 22.3 Å². The average Bonchev–Trinajstić information content (AvgIpc) is 2.82. The highest BCUT2D eigenvalue weighted by Gasteiger charge is 2.27. The Bertz CT molecular complexity index is 514. The van der Waals surface area contributed by atoms with Gasteiger partial charge in [-0.2, -0.15) is 0 Å². The van der Waals surface area contributed by atoms with Crippen LogP contribution in [0, 0.1) is 0 Å². The number of hydrogen-bond donors (Lipinski definition) is 1. The van der Waals surface area contributed by atoms with Crippen molar-refractivity contribution in [2.75, 3.05) is 19.7 Å². The van der Waals surface area contributed by atoms with Gasteiger partial charge in [-0.15, -0.1) is 11.3 Å². The molecule has 2 rings (SSSR count). The van der Waals surface area contributed by atoms with E-state index in [2.05, 4.69) is 15.9 Å². The third kappa shape index (κ3) is 3.89. The van der Waals surface area contributed by atoms with Gasteiger partial charge in [-0.25, -0.2) is 4.79 Å². The number of carbonyl (C=O) groups is 2. The van der Waals surface area contributed by atoms with Gasteiger partial charge in [0.05, 0.1) is 16.9 Å². The molecule has 5 nitrogen and oxygen atoms in total. The normalized spacial score (nSPS) is 19.8. The lowest BCUT2D eigenvalue weighted by molar-refractivity contribution is -0.158. The Morgan fingerprint density at radius 2 is 2.32 bits per heavy atom. The number of hydrogen-bond acceptors (Lipinski definition) is 4. The Morgan fingerprint density at radius 1 is 1.53 bits per heavy atom. The van der Waals surface area contributed by atoms with Crippen LogP contribution in [0.4, 0.5) is 0 Å². The van der Waals surface area contributed by atoms with E-state index in [4.69, 9.17) is 9.84 Å². The quantitative estimate of drug-likeness (QED) is 0.848. The van der Waals surface area contributed by atoms with Crippen LogP contribution in [0.2, 0.25) is 0 Å². The maximum Gasteiger partial charge on any atom is 0.334 e. The summed E-state index contributed by atoms with van der Waals surface area (Å²) in [6.45, 7) is 0.759. The van der Waals surface area contributed by atoms with Crippen LogP contribution >= 0.6 is 27.3 Å². The van der Waals surface area contributed by atoms with E-state index in [-0.39, 0.29) is 19.1 Å². The standard InChI is InChI=1S/C12H12BrNO4S/c13-10-3-1-8(19-10)2-4-11(15)14-5-6-18-9(7-14)12(16)17/h1-4,9H,5-7H2,(H,16,17)/b4-2+. The van der Waals surface area contributed by atoms with Crippen LogP contribution in [-0.2, 0) is 14.3 Å². The van der Waals surface area contributed by atoms with Crippen LogP contribution in [0.5, 0.6) is 0 Å². The second kappa shape index (κ2) is 6.31. The van der Waals surface area contributed by atoms with Crippen LogP contribution in [0.25, 0.3) is 6.08 Å². The van der Waals surface area contributed by atoms with E-state index in [0.29, 0.717) is 6.54 Å². The topological polar surface area (TPSA) is 66.8 Å². The lowest BCUT2D eigenvalue weighted by Crippen LogP contribution is -2.48. The zero-order valence-electron chi connectivity index (χ0n) is 9.91. The molecule has 19 heavy (non-hydrogen) atoms. The fraction of sp³-hybridized carbons (Fsp3) is 0.333. The summed E-state index contributed by atoms with van der Waals surface area (Å²) in [6, 6.07) is 3.81. The van der Waals surface area contributed by atoms with Crippen LogP contribution in [0.15, 0.2) is 22.0 Å². The highest BCUT2D eigenvalue weighted by Crippen LogP contribution is 2.23. The fourth-order valence-corrected chi connectivity index (χ4v) is 3.00. The molecule has 0 bridgehead atoms. The molecule has 1 aromatic heterocycles. The Hall–Kier alpha value is -1.18. The fourth-order valence-electron chi connectivity index (χ4n) is 1.68. The molecule has 1 N–H and O–H groups in total. The molecule has 1 atom stereocenters. The van der Waals surface area contributed by atoms with Crippen molar-refractivity contribution in [1.29, 1.82) is 0 Å². The number of carbonyl (C=O) groups excluding carboxylic acids is 1. The van der Waals surface area contributed by atoms with E-state index >= 15 is 0 Å². The summed E-state index contributed by atoms with van der Waals surface area (Å²) in [7, 11) is 0. The zero-order valence-corrected chi connectivity index (χ0v) is 12.3. The van der Waals surface area contributed by atoms with E-state index in [1.807, 2.05) is 12.1 Å². The summed E-state index contributed by atoms with van der Waals surface area (Å²) in [4.78, 5) is 25.2. The number of ether oxygens (including phenoxy) is 1. The summed E-state index contributed by atoms with van der Waals surface area (Å²) in [6.07, 6.45) is 2.26. The smallest absolute Gasteiger partial charge is 0.334 e. The van der Waals surface area contributed by atoms with Crippen molar-refractivity contribution < 1.29 is 19.4 Å². The minimum atomic E-state index is -1.04. The molecule has 1 saturated heterocycles. The summed E-state index contributed by atoms with van der Waals surface area (Å²) in [5, 5.41) is 8.86. The number of morpholine rings is 1. The van der Waals surface area contributed by atoms with Crippen LogP contribution in [0.1, 0.15) is 4.88 Å². The van der Waals surface area contributed by atoms with Crippen LogP contribution in [-0.4, -0.2) is 47.7 Å². The van der Waals surface area contributed by atoms with Gasteiger partial charge < -0.3 is 14.7 Å². The Balaban J connectivity index is 1.96. The average molecular weight is 346 g/mol. The van der Waals surface area contributed by atoms with Crippen LogP contribution < -0.4 is 0 Å². The first-order valence-electron chi connectivity index (χ1n) is 5.63. The lowest BCUT2D eigenvalue weighted by atomic mass is 10.2. The number of carboxylic acids is 1. The van der Waals surface area contributed by atoms with Crippen molar-refractivity contribution in [1.82, 2.24) is 4.90 Å². The van der Waals surface area contributed by atoms with E-state index in [9.17, 15) is 9.59 Å². The maximum atomic E-state index is 11.9. The summed E-state index contributed by atoms with van der Waals surface area (Å²) >= 11 is 4.87. The summed E-state index contributed by atoms with van der Waals surface area (Å²) < 4.78 is 6.06. The molecule has 0 radical (unpaired) electrons. The van der Waals surface area contributed by atoms with Crippen LogP contribution in [0.3, 0.4) is 0 Å². The first kappa shape index (κ1) is 14.2. The zero-order chi connectivity index (χ0) is 13.8. The molecule has 1 fully saturated rings. The van der Waals surface area contributed by atoms with Gasteiger partial charge in [0.2, 0.25) is 5.91 Å². The molecule has 0 spiro atoms. The monoisotopic (exact) mass is 345 g/mol. The molecule has 1 aliphatic heterocycles. The van der Waals surface area contributed by atoms with Gasteiger partial charge in [-0.1, -0.05) is 0 Å². The Kier molecular flexibility index (Phi) is 4.73. The molecule has 1 unspecified atom stereocenters. The van der Waals surface area contributed by atoms with Crippen molar-refractivity contribution in [3.05, 3.63) is 26.9 Å². The predicted molar refractivity (Wildman–Crippen MR) is 75.0 cm³/mol. The van der Waals surface area contributed by atoms with Crippen molar-refractivity contribution in [2.45, 2.75) is 6.10 Å². The third-order valence-corrected chi connectivity index (χ3v) is 4.23. The van der Waals surface area contributed by atoms with Gasteiger partial charge in [0.15, 0.2) is 6.10 Å². The number of halogens is 1. The largest absolute Gasteiger partial charge is 0.479 e. The molecule has 1 amide bonds. The molecular formula is C12H12BrNO4S.